The molecule has 1 saturated heterocycles. The van der Waals surface area contributed by atoms with Gasteiger partial charge < -0.3 is 9.32 Å². The summed E-state index contributed by atoms with van der Waals surface area (Å²) in [5, 5.41) is 0. The molecule has 3 nitrogen and oxygen atoms in total. The molecule has 1 unspecified atom stereocenters. The number of halogens is 1. The molecule has 1 atom stereocenters. The summed E-state index contributed by atoms with van der Waals surface area (Å²) in [6.45, 7) is 1.58. The predicted octanol–water partition coefficient (Wildman–Crippen LogP) is 3.90. The van der Waals surface area contributed by atoms with Gasteiger partial charge in [-0.1, -0.05) is 12.1 Å². The monoisotopic (exact) mass is 301 g/mol. The number of aryl methyl sites for hydroxylation is 1. The van der Waals surface area contributed by atoms with E-state index in [2.05, 4.69) is 0 Å². The van der Waals surface area contributed by atoms with Crippen molar-refractivity contribution in [3.05, 3.63) is 59.8 Å². The van der Waals surface area contributed by atoms with Crippen molar-refractivity contribution < 1.29 is 13.6 Å². The van der Waals surface area contributed by atoms with Crippen molar-refractivity contribution in [3.63, 3.8) is 0 Å². The van der Waals surface area contributed by atoms with E-state index in [1.165, 1.54) is 18.6 Å². The van der Waals surface area contributed by atoms with Crippen LogP contribution in [-0.2, 0) is 6.42 Å². The maximum absolute atomic E-state index is 13.2. The normalized spacial score (nSPS) is 18.4. The van der Waals surface area contributed by atoms with Crippen LogP contribution in [0.25, 0.3) is 0 Å². The van der Waals surface area contributed by atoms with Gasteiger partial charge >= 0.3 is 0 Å². The highest BCUT2D eigenvalue weighted by molar-refractivity contribution is 5.93. The van der Waals surface area contributed by atoms with Gasteiger partial charge in [-0.15, -0.1) is 0 Å². The fraction of sp³-hybridized carbons (Fsp3) is 0.389. The van der Waals surface area contributed by atoms with E-state index in [1.807, 2.05) is 11.0 Å². The maximum Gasteiger partial charge on any atom is 0.257 e. The van der Waals surface area contributed by atoms with E-state index in [1.54, 1.807) is 18.2 Å². The fourth-order valence-electron chi connectivity index (χ4n) is 3.12. The summed E-state index contributed by atoms with van der Waals surface area (Å²) in [7, 11) is 0. The Hall–Kier alpha value is -2.10. The van der Waals surface area contributed by atoms with Gasteiger partial charge in [-0.25, -0.2) is 4.39 Å². The lowest BCUT2D eigenvalue weighted by Crippen LogP contribution is -2.39. The van der Waals surface area contributed by atoms with Crippen LogP contribution in [-0.4, -0.2) is 23.9 Å². The Bertz CT molecular complexity index is 624. The molecule has 2 heterocycles. The molecule has 3 rings (SSSR count). The summed E-state index contributed by atoms with van der Waals surface area (Å²) in [5.41, 5.74) is 1.64. The molecular formula is C18H20FNO2. The zero-order valence-electron chi connectivity index (χ0n) is 12.5. The minimum Gasteiger partial charge on any atom is -0.472 e. The van der Waals surface area contributed by atoms with Crippen molar-refractivity contribution in [3.8, 4) is 0 Å². The Kier molecular flexibility index (Phi) is 4.56. The molecule has 2 aromatic rings. The van der Waals surface area contributed by atoms with Crippen molar-refractivity contribution in [1.82, 2.24) is 4.90 Å². The smallest absolute Gasteiger partial charge is 0.257 e. The van der Waals surface area contributed by atoms with Crippen LogP contribution in [0, 0.1) is 11.7 Å². The average molecular weight is 301 g/mol. The van der Waals surface area contributed by atoms with Gasteiger partial charge in [0.2, 0.25) is 0 Å². The number of amides is 1. The molecule has 1 aromatic heterocycles. The zero-order chi connectivity index (χ0) is 15.4. The topological polar surface area (TPSA) is 33.5 Å². The first-order valence-electron chi connectivity index (χ1n) is 7.78. The Morgan fingerprint density at radius 3 is 3.05 bits per heavy atom. The maximum atomic E-state index is 13.2. The van der Waals surface area contributed by atoms with E-state index >= 15 is 0 Å². The highest BCUT2D eigenvalue weighted by Gasteiger charge is 2.24. The molecule has 1 fully saturated rings. The number of nitrogens with zero attached hydrogens (tertiary/aromatic N) is 1. The predicted molar refractivity (Wildman–Crippen MR) is 82.1 cm³/mol. The van der Waals surface area contributed by atoms with Gasteiger partial charge in [0.1, 0.15) is 12.1 Å². The molecule has 1 aromatic carbocycles. The molecule has 1 amide bonds. The minimum atomic E-state index is -0.182. The number of hydrogen-bond acceptors (Lipinski definition) is 2. The van der Waals surface area contributed by atoms with Crippen LogP contribution in [0.15, 0.2) is 47.3 Å². The second kappa shape index (κ2) is 6.77. The Balaban J connectivity index is 1.55. The lowest BCUT2D eigenvalue weighted by molar-refractivity contribution is 0.0667. The largest absolute Gasteiger partial charge is 0.472 e. The van der Waals surface area contributed by atoms with Crippen molar-refractivity contribution in [2.45, 2.75) is 25.7 Å². The lowest BCUT2D eigenvalue weighted by Gasteiger charge is -2.32. The Morgan fingerprint density at radius 1 is 1.36 bits per heavy atom. The molecular weight excluding hydrogens is 281 g/mol. The quantitative estimate of drug-likeness (QED) is 0.858. The molecule has 0 bridgehead atoms. The number of likely N-dealkylation sites (tertiary alicyclic amines) is 1. The van der Waals surface area contributed by atoms with Crippen LogP contribution in [0.3, 0.4) is 0 Å². The van der Waals surface area contributed by atoms with Crippen molar-refractivity contribution in [1.29, 1.82) is 0 Å². The van der Waals surface area contributed by atoms with Crippen molar-refractivity contribution >= 4 is 5.91 Å². The third-order valence-electron chi connectivity index (χ3n) is 4.30. The van der Waals surface area contributed by atoms with Crippen LogP contribution in [0.4, 0.5) is 4.39 Å². The second-order valence-electron chi connectivity index (χ2n) is 5.94. The van der Waals surface area contributed by atoms with E-state index in [0.29, 0.717) is 11.5 Å². The summed E-state index contributed by atoms with van der Waals surface area (Å²) < 4.78 is 18.2. The first kappa shape index (κ1) is 14.8. The van der Waals surface area contributed by atoms with Gasteiger partial charge in [-0.05, 0) is 55.4 Å². The summed E-state index contributed by atoms with van der Waals surface area (Å²) in [6.07, 6.45) is 7.02. The molecule has 22 heavy (non-hydrogen) atoms. The first-order chi connectivity index (χ1) is 10.7. The van der Waals surface area contributed by atoms with Gasteiger partial charge in [-0.3, -0.25) is 4.79 Å². The second-order valence-corrected chi connectivity index (χ2v) is 5.94. The number of benzene rings is 1. The van der Waals surface area contributed by atoms with Crippen LogP contribution < -0.4 is 0 Å². The number of hydrogen-bond donors (Lipinski definition) is 0. The summed E-state index contributed by atoms with van der Waals surface area (Å²) in [4.78, 5) is 14.2. The number of piperidine rings is 1. The van der Waals surface area contributed by atoms with Crippen molar-refractivity contribution in [2.24, 2.45) is 5.92 Å². The summed E-state index contributed by atoms with van der Waals surface area (Å²) in [5.74, 6) is 0.343. The molecule has 0 N–H and O–H groups in total. The number of furan rings is 1. The van der Waals surface area contributed by atoms with Crippen LogP contribution in [0.5, 0.6) is 0 Å². The van der Waals surface area contributed by atoms with E-state index in [-0.39, 0.29) is 11.7 Å². The first-order valence-corrected chi connectivity index (χ1v) is 7.78. The van der Waals surface area contributed by atoms with E-state index in [0.717, 1.165) is 44.3 Å². The van der Waals surface area contributed by atoms with E-state index in [4.69, 9.17) is 4.42 Å². The molecule has 0 radical (unpaired) electrons. The highest BCUT2D eigenvalue weighted by Crippen LogP contribution is 2.23. The molecule has 0 aliphatic carbocycles. The van der Waals surface area contributed by atoms with Gasteiger partial charge in [0, 0.05) is 13.1 Å². The number of carbonyl (C=O) groups is 1. The van der Waals surface area contributed by atoms with Crippen LogP contribution in [0.2, 0.25) is 0 Å². The molecule has 0 spiro atoms. The molecule has 4 heteroatoms. The summed E-state index contributed by atoms with van der Waals surface area (Å²) in [6, 6.07) is 8.48. The van der Waals surface area contributed by atoms with Crippen LogP contribution >= 0.6 is 0 Å². The Morgan fingerprint density at radius 2 is 2.27 bits per heavy atom. The van der Waals surface area contributed by atoms with Crippen molar-refractivity contribution in [2.75, 3.05) is 13.1 Å². The zero-order valence-corrected chi connectivity index (χ0v) is 12.5. The average Bonchev–Trinajstić information content (AvgIpc) is 3.07. The third-order valence-corrected chi connectivity index (χ3v) is 4.30. The molecule has 116 valence electrons. The van der Waals surface area contributed by atoms with Gasteiger partial charge in [0.05, 0.1) is 11.8 Å². The van der Waals surface area contributed by atoms with Crippen LogP contribution in [0.1, 0.15) is 35.2 Å². The van der Waals surface area contributed by atoms with E-state index in [9.17, 15) is 9.18 Å². The number of rotatable bonds is 4. The lowest BCUT2D eigenvalue weighted by atomic mass is 9.91. The third kappa shape index (κ3) is 3.56. The highest BCUT2D eigenvalue weighted by atomic mass is 19.1. The van der Waals surface area contributed by atoms with Gasteiger partial charge in [-0.2, -0.15) is 0 Å². The number of carbonyl (C=O) groups excluding carboxylic acids is 1. The summed E-state index contributed by atoms with van der Waals surface area (Å²) >= 11 is 0. The fourth-order valence-corrected chi connectivity index (χ4v) is 3.12. The SMILES string of the molecule is O=C(c1ccoc1)N1CCCC(CCc2cccc(F)c2)C1. The minimum absolute atomic E-state index is 0.0456. The van der Waals surface area contributed by atoms with E-state index < -0.39 is 0 Å². The molecule has 0 saturated carbocycles. The molecule has 1 aliphatic rings. The molecule has 1 aliphatic heterocycles. The van der Waals surface area contributed by atoms with Gasteiger partial charge in [0.25, 0.3) is 5.91 Å². The standard InChI is InChI=1S/C18H20FNO2/c19-17-5-1-3-14(11-17)6-7-15-4-2-9-20(12-15)18(21)16-8-10-22-13-16/h1,3,5,8,10-11,13,15H,2,4,6-7,9,12H2. The van der Waals surface area contributed by atoms with Gasteiger partial charge in [0.15, 0.2) is 0 Å². The Labute approximate surface area is 129 Å².